The number of anilines is 1. The van der Waals surface area contributed by atoms with E-state index in [2.05, 4.69) is 26.9 Å². The Morgan fingerprint density at radius 3 is 2.10 bits per heavy atom. The summed E-state index contributed by atoms with van der Waals surface area (Å²) in [5.74, 6) is 0.303. The van der Waals surface area contributed by atoms with Gasteiger partial charge in [0.2, 0.25) is 11.8 Å². The van der Waals surface area contributed by atoms with E-state index in [0.29, 0.717) is 19.1 Å². The number of likely N-dealkylation sites (N-methyl/N-ethyl adjacent to an activating group) is 1. The Balaban J connectivity index is 1.43. The summed E-state index contributed by atoms with van der Waals surface area (Å²) in [4.78, 5) is 31.9. The smallest absolute Gasteiger partial charge is 0.238 e. The topological polar surface area (TPSA) is 55.9 Å². The third-order valence-electron chi connectivity index (χ3n) is 6.61. The summed E-state index contributed by atoms with van der Waals surface area (Å²) in [7, 11) is 0. The monoisotopic (exact) mass is 414 g/mol. The van der Waals surface area contributed by atoms with Crippen molar-refractivity contribution >= 4 is 17.5 Å². The summed E-state index contributed by atoms with van der Waals surface area (Å²) in [5.41, 5.74) is 3.10. The summed E-state index contributed by atoms with van der Waals surface area (Å²) >= 11 is 0. The molecule has 1 N–H and O–H groups in total. The van der Waals surface area contributed by atoms with Gasteiger partial charge in [0.15, 0.2) is 0 Å². The number of hydrogen-bond donors (Lipinski definition) is 1. The third kappa shape index (κ3) is 6.05. The lowest BCUT2D eigenvalue weighted by Crippen LogP contribution is -2.52. The first-order valence-corrected chi connectivity index (χ1v) is 11.6. The number of amides is 2. The SMILES string of the molecule is CCN(C(=O)CN1CCN(CC(=O)Nc2c(C)cccc2C)CC1)C1CCCCC1. The fourth-order valence-electron chi connectivity index (χ4n) is 4.81. The molecule has 0 bridgehead atoms. The molecule has 2 aliphatic rings. The molecule has 1 aromatic carbocycles. The Morgan fingerprint density at radius 2 is 1.53 bits per heavy atom. The van der Waals surface area contributed by atoms with E-state index in [4.69, 9.17) is 0 Å². The van der Waals surface area contributed by atoms with Crippen LogP contribution in [0.4, 0.5) is 5.69 Å². The van der Waals surface area contributed by atoms with E-state index in [1.54, 1.807) is 0 Å². The fourth-order valence-corrected chi connectivity index (χ4v) is 4.81. The maximum absolute atomic E-state index is 12.9. The van der Waals surface area contributed by atoms with Crippen molar-refractivity contribution < 1.29 is 9.59 Å². The molecule has 3 rings (SSSR count). The van der Waals surface area contributed by atoms with Crippen molar-refractivity contribution in [2.75, 3.05) is 51.1 Å². The quantitative estimate of drug-likeness (QED) is 0.745. The predicted octanol–water partition coefficient (Wildman–Crippen LogP) is 3.04. The molecule has 6 heteroatoms. The molecule has 2 amide bonds. The zero-order valence-corrected chi connectivity index (χ0v) is 19.0. The standard InChI is InChI=1S/C24H38N4O2/c1-4-28(21-11-6-5-7-12-21)23(30)18-27-15-13-26(14-16-27)17-22(29)25-24-19(2)9-8-10-20(24)3/h8-10,21H,4-7,11-18H2,1-3H3,(H,25,29). The number of carbonyl (C=O) groups is 2. The van der Waals surface area contributed by atoms with Crippen LogP contribution in [0.25, 0.3) is 0 Å². The second-order valence-electron chi connectivity index (χ2n) is 8.84. The predicted molar refractivity (Wildman–Crippen MR) is 122 cm³/mol. The van der Waals surface area contributed by atoms with Gasteiger partial charge in [0.1, 0.15) is 0 Å². The molecule has 1 aliphatic carbocycles. The molecular formula is C24H38N4O2. The van der Waals surface area contributed by atoms with Gasteiger partial charge in [0, 0.05) is 44.5 Å². The number of rotatable bonds is 7. The third-order valence-corrected chi connectivity index (χ3v) is 6.61. The van der Waals surface area contributed by atoms with Gasteiger partial charge in [-0.3, -0.25) is 19.4 Å². The number of benzene rings is 1. The Morgan fingerprint density at radius 1 is 0.967 bits per heavy atom. The van der Waals surface area contributed by atoms with Gasteiger partial charge in [-0.05, 0) is 44.7 Å². The van der Waals surface area contributed by atoms with Crippen LogP contribution >= 0.6 is 0 Å². The number of aryl methyl sites for hydroxylation is 2. The maximum Gasteiger partial charge on any atom is 0.238 e. The van der Waals surface area contributed by atoms with Gasteiger partial charge in [-0.15, -0.1) is 0 Å². The first-order valence-electron chi connectivity index (χ1n) is 11.6. The Hall–Kier alpha value is -1.92. The van der Waals surface area contributed by atoms with Crippen molar-refractivity contribution in [3.63, 3.8) is 0 Å². The first-order chi connectivity index (χ1) is 14.5. The molecule has 1 heterocycles. The minimum atomic E-state index is 0.0337. The average molecular weight is 415 g/mol. The van der Waals surface area contributed by atoms with E-state index in [0.717, 1.165) is 62.4 Å². The molecule has 0 spiro atoms. The van der Waals surface area contributed by atoms with Crippen molar-refractivity contribution in [2.24, 2.45) is 0 Å². The highest BCUT2D eigenvalue weighted by atomic mass is 16.2. The van der Waals surface area contributed by atoms with E-state index >= 15 is 0 Å². The van der Waals surface area contributed by atoms with Crippen LogP contribution in [0.5, 0.6) is 0 Å². The summed E-state index contributed by atoms with van der Waals surface area (Å²) in [6, 6.07) is 6.48. The highest BCUT2D eigenvalue weighted by Gasteiger charge is 2.27. The van der Waals surface area contributed by atoms with Crippen molar-refractivity contribution in [1.29, 1.82) is 0 Å². The minimum absolute atomic E-state index is 0.0337. The number of nitrogens with one attached hydrogen (secondary N) is 1. The van der Waals surface area contributed by atoms with Gasteiger partial charge in [-0.2, -0.15) is 0 Å². The molecule has 30 heavy (non-hydrogen) atoms. The van der Waals surface area contributed by atoms with Crippen molar-refractivity contribution in [3.05, 3.63) is 29.3 Å². The van der Waals surface area contributed by atoms with Crippen molar-refractivity contribution in [3.8, 4) is 0 Å². The fraction of sp³-hybridized carbons (Fsp3) is 0.667. The lowest BCUT2D eigenvalue weighted by Gasteiger charge is -2.37. The Kier molecular flexibility index (Phi) is 8.28. The Labute approximate surface area is 181 Å². The van der Waals surface area contributed by atoms with Crippen LogP contribution < -0.4 is 5.32 Å². The minimum Gasteiger partial charge on any atom is -0.339 e. The lowest BCUT2D eigenvalue weighted by atomic mass is 9.94. The van der Waals surface area contributed by atoms with E-state index in [-0.39, 0.29) is 11.8 Å². The molecule has 1 saturated heterocycles. The summed E-state index contributed by atoms with van der Waals surface area (Å²) in [5, 5.41) is 3.07. The van der Waals surface area contributed by atoms with Gasteiger partial charge in [-0.25, -0.2) is 0 Å². The highest BCUT2D eigenvalue weighted by Crippen LogP contribution is 2.23. The largest absolute Gasteiger partial charge is 0.339 e. The molecule has 1 saturated carbocycles. The van der Waals surface area contributed by atoms with E-state index < -0.39 is 0 Å². The average Bonchev–Trinajstić information content (AvgIpc) is 2.74. The van der Waals surface area contributed by atoms with Crippen LogP contribution in [0.15, 0.2) is 18.2 Å². The molecule has 0 aromatic heterocycles. The molecular weight excluding hydrogens is 376 g/mol. The van der Waals surface area contributed by atoms with Gasteiger partial charge < -0.3 is 10.2 Å². The zero-order chi connectivity index (χ0) is 21.5. The molecule has 1 aliphatic heterocycles. The number of carbonyl (C=O) groups excluding carboxylic acids is 2. The van der Waals surface area contributed by atoms with Crippen molar-refractivity contribution in [2.45, 2.75) is 58.9 Å². The highest BCUT2D eigenvalue weighted by molar-refractivity contribution is 5.93. The number of para-hydroxylation sites is 1. The van der Waals surface area contributed by atoms with Crippen LogP contribution in [-0.4, -0.2) is 78.4 Å². The van der Waals surface area contributed by atoms with Crippen LogP contribution in [0.2, 0.25) is 0 Å². The zero-order valence-electron chi connectivity index (χ0n) is 19.0. The molecule has 0 radical (unpaired) electrons. The molecule has 2 fully saturated rings. The van der Waals surface area contributed by atoms with Crippen LogP contribution in [0.3, 0.4) is 0 Å². The van der Waals surface area contributed by atoms with Crippen LogP contribution in [0, 0.1) is 13.8 Å². The summed E-state index contributed by atoms with van der Waals surface area (Å²) in [6.07, 6.45) is 6.11. The summed E-state index contributed by atoms with van der Waals surface area (Å²) in [6.45, 7) is 11.2. The normalized spacial score (nSPS) is 18.9. The molecule has 1 aromatic rings. The summed E-state index contributed by atoms with van der Waals surface area (Å²) < 4.78 is 0. The lowest BCUT2D eigenvalue weighted by molar-refractivity contribution is -0.135. The second kappa shape index (κ2) is 10.9. The number of hydrogen-bond acceptors (Lipinski definition) is 4. The van der Waals surface area contributed by atoms with Crippen LogP contribution in [0.1, 0.15) is 50.2 Å². The van der Waals surface area contributed by atoms with Gasteiger partial charge in [0.05, 0.1) is 13.1 Å². The first kappa shape index (κ1) is 22.8. The van der Waals surface area contributed by atoms with Gasteiger partial charge in [-0.1, -0.05) is 37.5 Å². The molecule has 166 valence electrons. The van der Waals surface area contributed by atoms with E-state index in [9.17, 15) is 9.59 Å². The molecule has 0 unspecified atom stereocenters. The van der Waals surface area contributed by atoms with Crippen LogP contribution in [-0.2, 0) is 9.59 Å². The molecule has 6 nitrogen and oxygen atoms in total. The van der Waals surface area contributed by atoms with E-state index in [1.165, 1.54) is 19.3 Å². The number of piperazine rings is 1. The maximum atomic E-state index is 12.9. The Bertz CT molecular complexity index is 702. The van der Waals surface area contributed by atoms with E-state index in [1.807, 2.05) is 32.0 Å². The second-order valence-corrected chi connectivity index (χ2v) is 8.84. The molecule has 0 atom stereocenters. The number of nitrogens with zero attached hydrogens (tertiary/aromatic N) is 3. The van der Waals surface area contributed by atoms with Gasteiger partial charge >= 0.3 is 0 Å². The van der Waals surface area contributed by atoms with Crippen molar-refractivity contribution in [1.82, 2.24) is 14.7 Å². The van der Waals surface area contributed by atoms with Gasteiger partial charge in [0.25, 0.3) is 0 Å².